The van der Waals surface area contributed by atoms with Crippen LogP contribution in [0.15, 0.2) is 0 Å². The molecule has 1 saturated heterocycles. The van der Waals surface area contributed by atoms with Crippen molar-refractivity contribution in [3.05, 3.63) is 0 Å². The second-order valence-corrected chi connectivity index (χ2v) is 4.80. The van der Waals surface area contributed by atoms with Crippen LogP contribution >= 0.6 is 0 Å². The number of urea groups is 1. The van der Waals surface area contributed by atoms with E-state index in [0.29, 0.717) is 25.6 Å². The van der Waals surface area contributed by atoms with Gasteiger partial charge in [0.25, 0.3) is 0 Å². The third-order valence-corrected chi connectivity index (χ3v) is 2.98. The molecule has 0 aromatic heterocycles. The Labute approximate surface area is 114 Å². The van der Waals surface area contributed by atoms with E-state index in [1.807, 2.05) is 6.92 Å². The lowest BCUT2D eigenvalue weighted by Gasteiger charge is -2.26. The van der Waals surface area contributed by atoms with E-state index in [-0.39, 0.29) is 12.6 Å². The molecule has 1 aliphatic heterocycles. The highest BCUT2D eigenvalue weighted by Gasteiger charge is 2.27. The molecule has 1 rings (SSSR count). The van der Waals surface area contributed by atoms with E-state index in [1.54, 1.807) is 11.8 Å². The van der Waals surface area contributed by atoms with E-state index in [0.717, 1.165) is 19.4 Å². The van der Waals surface area contributed by atoms with Crippen LogP contribution in [0.1, 0.15) is 33.6 Å². The summed E-state index contributed by atoms with van der Waals surface area (Å²) in [7, 11) is 0. The van der Waals surface area contributed by atoms with Crippen molar-refractivity contribution in [2.24, 2.45) is 5.92 Å². The normalized spacial score (nSPS) is 20.4. The van der Waals surface area contributed by atoms with Crippen LogP contribution < -0.4 is 0 Å². The van der Waals surface area contributed by atoms with Gasteiger partial charge in [-0.3, -0.25) is 4.84 Å². The van der Waals surface area contributed by atoms with Crippen LogP contribution in [-0.2, 0) is 14.4 Å². The molecule has 1 atom stereocenters. The monoisotopic (exact) mass is 272 g/mol. The molecule has 0 saturated carbocycles. The lowest BCUT2D eigenvalue weighted by atomic mass is 10.1. The molecule has 1 heterocycles. The van der Waals surface area contributed by atoms with Gasteiger partial charge in [-0.25, -0.2) is 14.7 Å². The van der Waals surface area contributed by atoms with Crippen LogP contribution in [0, 0.1) is 5.92 Å². The van der Waals surface area contributed by atoms with E-state index >= 15 is 0 Å². The van der Waals surface area contributed by atoms with E-state index < -0.39 is 5.97 Å². The summed E-state index contributed by atoms with van der Waals surface area (Å²) in [5.41, 5.74) is 0. The number of nitrogens with zero attached hydrogens (tertiary/aromatic N) is 2. The summed E-state index contributed by atoms with van der Waals surface area (Å²) in [6, 6.07) is -0.157. The molecule has 2 amide bonds. The Kier molecular flexibility index (Phi) is 6.62. The number of carbonyl (C=O) groups is 2. The Morgan fingerprint density at radius 1 is 1.42 bits per heavy atom. The summed E-state index contributed by atoms with van der Waals surface area (Å²) in [5.74, 6) is -0.0127. The molecule has 0 aliphatic carbocycles. The van der Waals surface area contributed by atoms with Gasteiger partial charge in [0.2, 0.25) is 0 Å². The van der Waals surface area contributed by atoms with Crippen molar-refractivity contribution in [2.45, 2.75) is 33.6 Å². The molecular formula is C13H24N2O4. The summed E-state index contributed by atoms with van der Waals surface area (Å²) in [6.45, 7) is 7.95. The largest absolute Gasteiger partial charge is 0.464 e. The average Bonchev–Trinajstić information content (AvgIpc) is 2.49. The Bertz CT molecular complexity index is 309. The van der Waals surface area contributed by atoms with Gasteiger partial charge >= 0.3 is 12.0 Å². The lowest BCUT2D eigenvalue weighted by molar-refractivity contribution is -0.169. The fourth-order valence-electron chi connectivity index (χ4n) is 2.05. The number of amides is 2. The molecule has 0 bridgehead atoms. The molecule has 6 nitrogen and oxygen atoms in total. The highest BCUT2D eigenvalue weighted by Crippen LogP contribution is 2.15. The van der Waals surface area contributed by atoms with Gasteiger partial charge in [-0.15, -0.1) is 0 Å². The molecule has 0 N–H and O–H groups in total. The first-order valence-electron chi connectivity index (χ1n) is 6.93. The van der Waals surface area contributed by atoms with E-state index in [4.69, 9.17) is 9.57 Å². The molecule has 19 heavy (non-hydrogen) atoms. The summed E-state index contributed by atoms with van der Waals surface area (Å²) < 4.78 is 4.78. The average molecular weight is 272 g/mol. The number of esters is 1. The van der Waals surface area contributed by atoms with Gasteiger partial charge in [0, 0.05) is 13.1 Å². The number of carbonyl (C=O) groups excluding carboxylic acids is 2. The van der Waals surface area contributed by atoms with Crippen LogP contribution in [0.2, 0.25) is 0 Å². The molecule has 0 aromatic carbocycles. The zero-order chi connectivity index (χ0) is 14.3. The van der Waals surface area contributed by atoms with E-state index in [9.17, 15) is 9.59 Å². The van der Waals surface area contributed by atoms with Crippen molar-refractivity contribution in [2.75, 3.05) is 32.8 Å². The van der Waals surface area contributed by atoms with Gasteiger partial charge in [0.1, 0.15) is 0 Å². The number of hydrogen-bond donors (Lipinski definition) is 0. The van der Waals surface area contributed by atoms with Crippen molar-refractivity contribution >= 4 is 12.0 Å². The maximum atomic E-state index is 12.2. The Hall–Kier alpha value is -1.30. The lowest BCUT2D eigenvalue weighted by Crippen LogP contribution is -2.43. The summed E-state index contributed by atoms with van der Waals surface area (Å²) in [6.07, 6.45) is 1.78. The molecule has 110 valence electrons. The maximum absolute atomic E-state index is 12.2. The third-order valence-electron chi connectivity index (χ3n) is 2.98. The van der Waals surface area contributed by atoms with Crippen LogP contribution in [0.3, 0.4) is 0 Å². The van der Waals surface area contributed by atoms with Crippen molar-refractivity contribution in [1.82, 2.24) is 9.96 Å². The molecule has 0 aromatic rings. The minimum Gasteiger partial charge on any atom is -0.464 e. The maximum Gasteiger partial charge on any atom is 0.343 e. The van der Waals surface area contributed by atoms with E-state index in [1.165, 1.54) is 5.06 Å². The van der Waals surface area contributed by atoms with Gasteiger partial charge in [-0.05, 0) is 25.7 Å². The highest BCUT2D eigenvalue weighted by molar-refractivity contribution is 5.74. The summed E-state index contributed by atoms with van der Waals surface area (Å²) >= 11 is 0. The van der Waals surface area contributed by atoms with Crippen LogP contribution in [0.25, 0.3) is 0 Å². The Balaban J connectivity index is 2.55. The first kappa shape index (κ1) is 15.8. The molecule has 6 heteroatoms. The second-order valence-electron chi connectivity index (χ2n) is 4.80. The zero-order valence-corrected chi connectivity index (χ0v) is 12.1. The first-order chi connectivity index (χ1) is 9.08. The van der Waals surface area contributed by atoms with Crippen LogP contribution in [0.4, 0.5) is 4.79 Å². The number of ether oxygens (including phenoxy) is 1. The summed E-state index contributed by atoms with van der Waals surface area (Å²) in [5, 5.41) is 1.29. The predicted molar refractivity (Wildman–Crippen MR) is 70.3 cm³/mol. The zero-order valence-electron chi connectivity index (χ0n) is 12.1. The fraction of sp³-hybridized carbons (Fsp3) is 0.846. The quantitative estimate of drug-likeness (QED) is 0.690. The highest BCUT2D eigenvalue weighted by atomic mass is 16.7. The van der Waals surface area contributed by atoms with Gasteiger partial charge in [0.05, 0.1) is 13.2 Å². The van der Waals surface area contributed by atoms with Crippen molar-refractivity contribution in [3.8, 4) is 0 Å². The third kappa shape index (κ3) is 5.06. The summed E-state index contributed by atoms with van der Waals surface area (Å²) in [4.78, 5) is 30.5. The topological polar surface area (TPSA) is 59.1 Å². The van der Waals surface area contributed by atoms with Crippen molar-refractivity contribution in [3.63, 3.8) is 0 Å². The SMILES string of the molecule is CCCN1CC(C)CCN(OCC(=O)OCC)C1=O. The van der Waals surface area contributed by atoms with Crippen LogP contribution in [0.5, 0.6) is 0 Å². The fourth-order valence-corrected chi connectivity index (χ4v) is 2.05. The molecular weight excluding hydrogens is 248 g/mol. The number of hydroxylamine groups is 2. The van der Waals surface area contributed by atoms with E-state index in [2.05, 4.69) is 6.92 Å². The smallest absolute Gasteiger partial charge is 0.343 e. The van der Waals surface area contributed by atoms with Gasteiger partial charge in [-0.1, -0.05) is 13.8 Å². The Morgan fingerprint density at radius 3 is 2.79 bits per heavy atom. The first-order valence-corrected chi connectivity index (χ1v) is 6.93. The van der Waals surface area contributed by atoms with Crippen molar-refractivity contribution in [1.29, 1.82) is 0 Å². The Morgan fingerprint density at radius 2 is 2.16 bits per heavy atom. The minimum absolute atomic E-state index is 0.157. The molecule has 0 radical (unpaired) electrons. The van der Waals surface area contributed by atoms with Crippen molar-refractivity contribution < 1.29 is 19.2 Å². The molecule has 1 fully saturated rings. The molecule has 0 spiro atoms. The standard InChI is InChI=1S/C13H24N2O4/c1-4-7-14-9-11(3)6-8-15(13(14)17)19-10-12(16)18-5-2/h11H,4-10H2,1-3H3. The van der Waals surface area contributed by atoms with Crippen LogP contribution in [-0.4, -0.2) is 54.8 Å². The van der Waals surface area contributed by atoms with Gasteiger partial charge < -0.3 is 9.64 Å². The number of hydrogen-bond acceptors (Lipinski definition) is 4. The predicted octanol–water partition coefficient (Wildman–Crippen LogP) is 1.65. The van der Waals surface area contributed by atoms with Gasteiger partial charge in [-0.2, -0.15) is 0 Å². The molecule has 1 aliphatic rings. The second kappa shape index (κ2) is 7.99. The minimum atomic E-state index is -0.449. The number of rotatable bonds is 6. The van der Waals surface area contributed by atoms with Gasteiger partial charge in [0.15, 0.2) is 6.61 Å². The molecule has 1 unspecified atom stereocenters.